The fourth-order valence-corrected chi connectivity index (χ4v) is 7.36. The van der Waals surface area contributed by atoms with Crippen LogP contribution in [-0.4, -0.2) is 45.0 Å². The van der Waals surface area contributed by atoms with Gasteiger partial charge in [0.05, 0.1) is 22.4 Å². The lowest BCUT2D eigenvalue weighted by atomic mass is 9.64. The van der Waals surface area contributed by atoms with Crippen LogP contribution in [-0.2, 0) is 15.0 Å². The third-order valence-electron chi connectivity index (χ3n) is 8.54. The summed E-state index contributed by atoms with van der Waals surface area (Å²) in [5.74, 6) is 0.607. The van der Waals surface area contributed by atoms with Crippen LogP contribution in [0, 0.1) is 0 Å². The van der Waals surface area contributed by atoms with E-state index in [4.69, 9.17) is 4.98 Å². The van der Waals surface area contributed by atoms with E-state index < -0.39 is 17.5 Å². The zero-order chi connectivity index (χ0) is 22.1. The monoisotopic (exact) mass is 439 g/mol. The van der Waals surface area contributed by atoms with Gasteiger partial charge in [0.15, 0.2) is 0 Å². The summed E-state index contributed by atoms with van der Waals surface area (Å²) in [6.45, 7) is 0.858. The molecule has 3 aromatic rings. The summed E-state index contributed by atoms with van der Waals surface area (Å²) < 4.78 is 1.61. The molecule has 0 saturated carbocycles. The van der Waals surface area contributed by atoms with Crippen LogP contribution in [0.15, 0.2) is 53.3 Å². The molecule has 1 spiro atoms. The Kier molecular flexibility index (Phi) is 3.10. The SMILES string of the molecule is O=C1NC2c3nc4ccccc4c(=O)n3[C@H]1C[C@@]21c2ccccc2N2C(=O)[C@@H]3CCCN3[C@H]21. The summed E-state index contributed by atoms with van der Waals surface area (Å²) in [6, 6.07) is 14.1. The van der Waals surface area contributed by atoms with Gasteiger partial charge in [-0.2, -0.15) is 0 Å². The Morgan fingerprint density at radius 1 is 1.00 bits per heavy atom. The first-order valence-corrected chi connectivity index (χ1v) is 11.6. The van der Waals surface area contributed by atoms with Crippen molar-refractivity contribution in [1.82, 2.24) is 19.8 Å². The summed E-state index contributed by atoms with van der Waals surface area (Å²) in [5.41, 5.74) is 1.91. The largest absolute Gasteiger partial charge is 0.343 e. The molecule has 2 amide bonds. The third kappa shape index (κ3) is 1.86. The maximum Gasteiger partial charge on any atom is 0.262 e. The smallest absolute Gasteiger partial charge is 0.262 e. The Balaban J connectivity index is 1.44. The van der Waals surface area contributed by atoms with E-state index in [9.17, 15) is 14.4 Å². The van der Waals surface area contributed by atoms with Crippen molar-refractivity contribution >= 4 is 28.4 Å². The molecular formula is C25H21N5O3. The van der Waals surface area contributed by atoms with Crippen molar-refractivity contribution in [2.75, 3.05) is 11.4 Å². The van der Waals surface area contributed by atoms with E-state index in [2.05, 4.69) is 16.3 Å². The standard InChI is InChI=1S/C25H21N5O3/c31-21-18-12-25(19(27-21)20-26-15-8-3-1-6-13(15)22(32)29(18)20)14-7-2-4-9-16(14)30-23(33)17-10-5-11-28(17)24(25)30/h1-4,6-9,17-19,24H,5,10-12H2,(H,27,31)/t17-,18-,19?,24+,25+/m0/s1. The molecule has 33 heavy (non-hydrogen) atoms. The van der Waals surface area contributed by atoms with Crippen LogP contribution in [0.4, 0.5) is 5.69 Å². The summed E-state index contributed by atoms with van der Waals surface area (Å²) in [4.78, 5) is 49.4. The predicted octanol–water partition coefficient (Wildman–Crippen LogP) is 1.60. The molecule has 3 fully saturated rings. The topological polar surface area (TPSA) is 87.5 Å². The Bertz CT molecular complexity index is 1480. The molecule has 164 valence electrons. The number of piperidine rings is 1. The summed E-state index contributed by atoms with van der Waals surface area (Å²) in [7, 11) is 0. The van der Waals surface area contributed by atoms with Gasteiger partial charge >= 0.3 is 0 Å². The van der Waals surface area contributed by atoms with Crippen molar-refractivity contribution in [1.29, 1.82) is 0 Å². The van der Waals surface area contributed by atoms with Gasteiger partial charge in [0.1, 0.15) is 24.1 Å². The number of carbonyl (C=O) groups is 2. The Morgan fingerprint density at radius 3 is 2.73 bits per heavy atom. The van der Waals surface area contributed by atoms with Gasteiger partial charge in [-0.3, -0.25) is 28.8 Å². The number of aromatic nitrogens is 2. The number of carbonyl (C=O) groups excluding carboxylic acids is 2. The predicted molar refractivity (Wildman–Crippen MR) is 120 cm³/mol. The first-order valence-electron chi connectivity index (χ1n) is 11.6. The van der Waals surface area contributed by atoms with Crippen molar-refractivity contribution in [3.05, 3.63) is 70.3 Å². The third-order valence-corrected chi connectivity index (χ3v) is 8.54. The van der Waals surface area contributed by atoms with E-state index in [0.717, 1.165) is 30.6 Å². The minimum Gasteiger partial charge on any atom is -0.343 e. The minimum absolute atomic E-state index is 0.108. The van der Waals surface area contributed by atoms with Crippen molar-refractivity contribution in [2.24, 2.45) is 0 Å². The van der Waals surface area contributed by atoms with Gasteiger partial charge in [0, 0.05) is 12.2 Å². The molecule has 5 atom stereocenters. The lowest BCUT2D eigenvalue weighted by Gasteiger charge is -2.53. The van der Waals surface area contributed by atoms with Gasteiger partial charge in [-0.15, -0.1) is 0 Å². The van der Waals surface area contributed by atoms with Gasteiger partial charge in [-0.05, 0) is 43.0 Å². The highest BCUT2D eigenvalue weighted by Gasteiger charge is 2.70. The lowest BCUT2D eigenvalue weighted by molar-refractivity contribution is -0.133. The van der Waals surface area contributed by atoms with E-state index >= 15 is 0 Å². The first-order chi connectivity index (χ1) is 16.1. The highest BCUT2D eigenvalue weighted by Crippen LogP contribution is 2.62. The number of rotatable bonds is 0. The molecule has 1 N–H and O–H groups in total. The second kappa shape index (κ2) is 5.69. The molecule has 0 radical (unpaired) electrons. The van der Waals surface area contributed by atoms with E-state index in [1.807, 2.05) is 41.3 Å². The number of amides is 2. The maximum atomic E-state index is 13.5. The highest BCUT2D eigenvalue weighted by molar-refractivity contribution is 6.03. The van der Waals surface area contributed by atoms with E-state index in [1.165, 1.54) is 0 Å². The van der Waals surface area contributed by atoms with Crippen LogP contribution >= 0.6 is 0 Å². The highest BCUT2D eigenvalue weighted by atomic mass is 16.2. The van der Waals surface area contributed by atoms with E-state index in [0.29, 0.717) is 23.1 Å². The molecule has 6 aliphatic rings. The van der Waals surface area contributed by atoms with Gasteiger partial charge in [0.2, 0.25) is 11.8 Å². The molecule has 2 bridgehead atoms. The summed E-state index contributed by atoms with van der Waals surface area (Å²) >= 11 is 0. The van der Waals surface area contributed by atoms with E-state index in [1.54, 1.807) is 10.6 Å². The number of nitrogens with one attached hydrogen (secondary N) is 1. The Hall–Kier alpha value is -3.52. The molecular weight excluding hydrogens is 418 g/mol. The molecule has 8 nitrogen and oxygen atoms in total. The van der Waals surface area contributed by atoms with Crippen molar-refractivity contribution in [3.63, 3.8) is 0 Å². The van der Waals surface area contributed by atoms with Crippen LogP contribution in [0.1, 0.15) is 42.7 Å². The quantitative estimate of drug-likeness (QED) is 0.575. The molecule has 1 unspecified atom stereocenters. The van der Waals surface area contributed by atoms with Gasteiger partial charge < -0.3 is 5.32 Å². The summed E-state index contributed by atoms with van der Waals surface area (Å²) in [5, 5.41) is 3.75. The van der Waals surface area contributed by atoms with Crippen LogP contribution in [0.2, 0.25) is 0 Å². The average Bonchev–Trinajstić information content (AvgIpc) is 3.49. The number of anilines is 1. The molecule has 7 heterocycles. The fraction of sp³-hybridized carbons (Fsp3) is 0.360. The first kappa shape index (κ1) is 18.0. The average molecular weight is 439 g/mol. The number of nitrogens with zero attached hydrogens (tertiary/aromatic N) is 4. The molecule has 1 aromatic heterocycles. The van der Waals surface area contributed by atoms with Crippen molar-refractivity contribution < 1.29 is 9.59 Å². The Morgan fingerprint density at radius 2 is 1.82 bits per heavy atom. The molecule has 6 aliphatic heterocycles. The Labute approximate surface area is 188 Å². The molecule has 8 heteroatoms. The number of hydrogen-bond acceptors (Lipinski definition) is 5. The second-order valence-corrected chi connectivity index (χ2v) is 9.86. The zero-order valence-electron chi connectivity index (χ0n) is 17.8. The molecule has 0 aliphatic carbocycles. The second-order valence-electron chi connectivity index (χ2n) is 9.86. The van der Waals surface area contributed by atoms with Crippen LogP contribution in [0.3, 0.4) is 0 Å². The maximum absolute atomic E-state index is 13.5. The van der Waals surface area contributed by atoms with Gasteiger partial charge in [0.25, 0.3) is 5.56 Å². The molecule has 3 saturated heterocycles. The van der Waals surface area contributed by atoms with Crippen molar-refractivity contribution in [2.45, 2.75) is 49.0 Å². The minimum atomic E-state index is -0.653. The number of fused-ring (bicyclic) bond motifs is 7. The van der Waals surface area contributed by atoms with Gasteiger partial charge in [-0.25, -0.2) is 4.98 Å². The van der Waals surface area contributed by atoms with E-state index in [-0.39, 0.29) is 29.6 Å². The number of benzene rings is 2. The lowest BCUT2D eigenvalue weighted by Crippen LogP contribution is -2.66. The van der Waals surface area contributed by atoms with Gasteiger partial charge in [-0.1, -0.05) is 30.3 Å². The fourth-order valence-electron chi connectivity index (χ4n) is 7.36. The number of hydrogen-bond donors (Lipinski definition) is 1. The van der Waals surface area contributed by atoms with Crippen molar-refractivity contribution in [3.8, 4) is 0 Å². The zero-order valence-corrected chi connectivity index (χ0v) is 17.8. The molecule has 2 aromatic carbocycles. The van der Waals surface area contributed by atoms with Crippen LogP contribution in [0.25, 0.3) is 10.9 Å². The number of para-hydroxylation sites is 2. The van der Waals surface area contributed by atoms with Crippen LogP contribution < -0.4 is 15.8 Å². The molecule has 9 rings (SSSR count). The normalized spacial score (nSPS) is 33.4. The summed E-state index contributed by atoms with van der Waals surface area (Å²) in [6.07, 6.45) is 2.15. The van der Waals surface area contributed by atoms with Crippen LogP contribution in [0.5, 0.6) is 0 Å².